The van der Waals surface area contributed by atoms with Gasteiger partial charge in [-0.1, -0.05) is 12.1 Å². The van der Waals surface area contributed by atoms with E-state index in [-0.39, 0.29) is 12.4 Å². The molecule has 2 N–H and O–H groups in total. The maximum Gasteiger partial charge on any atom is 0.308 e. The maximum atomic E-state index is 11.6. The minimum Gasteiger partial charge on any atom is -0.464 e. The fraction of sp³-hybridized carbons (Fsp3) is 0.417. The number of furan rings is 1. The van der Waals surface area contributed by atoms with Gasteiger partial charge in [0.15, 0.2) is 5.82 Å². The Bertz CT molecular complexity index is 1040. The molecule has 0 saturated carbocycles. The van der Waals surface area contributed by atoms with E-state index < -0.39 is 23.0 Å². The van der Waals surface area contributed by atoms with Gasteiger partial charge < -0.3 is 29.4 Å². The number of nitro groups is 1. The number of benzene rings is 1. The Morgan fingerprint density at radius 2 is 1.81 bits per heavy atom. The average molecular weight is 521 g/mol. The van der Waals surface area contributed by atoms with Gasteiger partial charge in [0.2, 0.25) is 0 Å². The van der Waals surface area contributed by atoms with Gasteiger partial charge in [-0.2, -0.15) is 11.8 Å². The molecular weight excluding hydrogens is 488 g/mol. The molecule has 0 fully saturated rings. The highest BCUT2D eigenvalue weighted by atomic mass is 32.2. The van der Waals surface area contributed by atoms with E-state index in [1.807, 2.05) is 31.1 Å². The molecule has 0 aliphatic heterocycles. The highest BCUT2D eigenvalue weighted by Crippen LogP contribution is 2.21. The van der Waals surface area contributed by atoms with Gasteiger partial charge in [0.25, 0.3) is 6.20 Å². The minimum absolute atomic E-state index is 0.0906. The molecule has 1 aromatic carbocycles. The summed E-state index contributed by atoms with van der Waals surface area (Å²) in [5.41, 5.74) is 0.636. The molecule has 0 bridgehead atoms. The van der Waals surface area contributed by atoms with Crippen LogP contribution in [0.3, 0.4) is 0 Å². The predicted molar refractivity (Wildman–Crippen MR) is 136 cm³/mol. The Morgan fingerprint density at radius 1 is 1.11 bits per heavy atom. The first kappa shape index (κ1) is 28.7. The van der Waals surface area contributed by atoms with Crippen LogP contribution >= 0.6 is 11.8 Å². The molecule has 0 spiro atoms. The molecular formula is C24H32N4O7S. The second kappa shape index (κ2) is 14.8. The summed E-state index contributed by atoms with van der Waals surface area (Å²) in [7, 11) is 3.95. The molecule has 0 saturated heterocycles. The van der Waals surface area contributed by atoms with Crippen molar-refractivity contribution >= 4 is 23.7 Å². The maximum absolute atomic E-state index is 11.6. The van der Waals surface area contributed by atoms with E-state index in [2.05, 4.69) is 10.6 Å². The highest BCUT2D eigenvalue weighted by Gasteiger charge is 2.17. The lowest BCUT2D eigenvalue weighted by Crippen LogP contribution is -2.33. The Hall–Kier alpha value is -3.51. The summed E-state index contributed by atoms with van der Waals surface area (Å²) in [5.74, 6) is 2.76. The molecule has 0 amide bonds. The third-order valence-corrected chi connectivity index (χ3v) is 5.51. The Labute approximate surface area is 214 Å². The summed E-state index contributed by atoms with van der Waals surface area (Å²) in [5, 5.41) is 17.0. The summed E-state index contributed by atoms with van der Waals surface area (Å²) >= 11 is 1.63. The standard InChI is InChI=1S/C24H32N4O7S/c1-17(29)33-20-7-5-19(6-8-20)23(34-18(2)30)13-26-24(15-28(31)32)25-11-12-36-16-22-10-9-21(35-22)14-27(3)4/h5-10,15,23,25-26H,11-14,16H2,1-4H3/b24-15+. The molecule has 1 atom stereocenters. The van der Waals surface area contributed by atoms with Crippen LogP contribution < -0.4 is 15.4 Å². The average Bonchev–Trinajstić information content (AvgIpc) is 3.22. The van der Waals surface area contributed by atoms with Gasteiger partial charge in [-0.05, 0) is 43.9 Å². The molecule has 0 radical (unpaired) electrons. The smallest absolute Gasteiger partial charge is 0.308 e. The van der Waals surface area contributed by atoms with Crippen LogP contribution in [0.5, 0.6) is 5.75 Å². The molecule has 196 valence electrons. The number of esters is 2. The summed E-state index contributed by atoms with van der Waals surface area (Å²) in [6.07, 6.45) is 0.120. The largest absolute Gasteiger partial charge is 0.464 e. The summed E-state index contributed by atoms with van der Waals surface area (Å²) < 4.78 is 16.2. The summed E-state index contributed by atoms with van der Waals surface area (Å²) in [6.45, 7) is 3.88. The molecule has 36 heavy (non-hydrogen) atoms. The van der Waals surface area contributed by atoms with E-state index in [0.717, 1.165) is 24.3 Å². The molecule has 1 unspecified atom stereocenters. The second-order valence-corrected chi connectivity index (χ2v) is 9.16. The van der Waals surface area contributed by atoms with Gasteiger partial charge in [0.1, 0.15) is 23.4 Å². The SMILES string of the molecule is CC(=O)Oc1ccc(C(CN/C(=C/[N+](=O)[O-])NCCSCc2ccc(CN(C)C)o2)OC(C)=O)cc1. The van der Waals surface area contributed by atoms with Crippen molar-refractivity contribution < 1.29 is 28.4 Å². The molecule has 11 nitrogen and oxygen atoms in total. The van der Waals surface area contributed by atoms with E-state index in [4.69, 9.17) is 13.9 Å². The third kappa shape index (κ3) is 11.3. The molecule has 0 aliphatic carbocycles. The van der Waals surface area contributed by atoms with Crippen molar-refractivity contribution in [1.82, 2.24) is 15.5 Å². The molecule has 2 aromatic rings. The quantitative estimate of drug-likeness (QED) is 0.118. The van der Waals surface area contributed by atoms with E-state index in [1.54, 1.807) is 36.0 Å². The summed E-state index contributed by atoms with van der Waals surface area (Å²) in [6, 6.07) is 10.4. The van der Waals surface area contributed by atoms with Crippen molar-refractivity contribution in [3.8, 4) is 5.75 Å². The fourth-order valence-electron chi connectivity index (χ4n) is 3.13. The molecule has 1 aromatic heterocycles. The lowest BCUT2D eigenvalue weighted by atomic mass is 10.1. The van der Waals surface area contributed by atoms with Gasteiger partial charge in [-0.25, -0.2) is 0 Å². The Balaban J connectivity index is 1.88. The lowest BCUT2D eigenvalue weighted by molar-refractivity contribution is -0.404. The van der Waals surface area contributed by atoms with Crippen LogP contribution in [0.1, 0.15) is 37.0 Å². The van der Waals surface area contributed by atoms with Crippen molar-refractivity contribution in [2.75, 3.05) is 32.9 Å². The predicted octanol–water partition coefficient (Wildman–Crippen LogP) is 3.06. The van der Waals surface area contributed by atoms with Gasteiger partial charge in [0, 0.05) is 26.1 Å². The number of hydrogen-bond donors (Lipinski definition) is 2. The summed E-state index contributed by atoms with van der Waals surface area (Å²) in [4.78, 5) is 35.3. The monoisotopic (exact) mass is 520 g/mol. The first-order valence-corrected chi connectivity index (χ1v) is 12.4. The van der Waals surface area contributed by atoms with E-state index in [1.165, 1.54) is 13.8 Å². The Morgan fingerprint density at radius 3 is 2.42 bits per heavy atom. The number of carbonyl (C=O) groups is 2. The normalized spacial score (nSPS) is 12.2. The van der Waals surface area contributed by atoms with Gasteiger partial charge >= 0.3 is 11.9 Å². The number of ether oxygens (including phenoxy) is 2. The zero-order valence-electron chi connectivity index (χ0n) is 20.8. The van der Waals surface area contributed by atoms with Gasteiger partial charge in [-0.3, -0.25) is 19.7 Å². The van der Waals surface area contributed by atoms with Crippen LogP contribution in [0, 0.1) is 10.1 Å². The van der Waals surface area contributed by atoms with E-state index in [0.29, 0.717) is 29.4 Å². The van der Waals surface area contributed by atoms with Crippen LogP contribution in [-0.2, 0) is 26.6 Å². The van der Waals surface area contributed by atoms with Gasteiger partial charge in [-0.15, -0.1) is 0 Å². The van der Waals surface area contributed by atoms with Crippen molar-refractivity contribution in [3.05, 3.63) is 75.6 Å². The molecule has 1 heterocycles. The first-order chi connectivity index (χ1) is 17.1. The van der Waals surface area contributed by atoms with Crippen LogP contribution in [0.4, 0.5) is 0 Å². The Kier molecular flexibility index (Phi) is 11.8. The van der Waals surface area contributed by atoms with Crippen LogP contribution in [0.2, 0.25) is 0 Å². The zero-order chi connectivity index (χ0) is 26.5. The number of hydrogen-bond acceptors (Lipinski definition) is 11. The van der Waals surface area contributed by atoms with E-state index >= 15 is 0 Å². The number of rotatable bonds is 15. The number of nitrogens with zero attached hydrogens (tertiary/aromatic N) is 2. The van der Waals surface area contributed by atoms with Gasteiger partial charge in [0.05, 0.1) is 23.8 Å². The topological polar surface area (TPSA) is 136 Å². The third-order valence-electron chi connectivity index (χ3n) is 4.53. The number of nitrogens with one attached hydrogen (secondary N) is 2. The fourth-order valence-corrected chi connectivity index (χ4v) is 3.88. The van der Waals surface area contributed by atoms with Crippen molar-refractivity contribution in [2.24, 2.45) is 0 Å². The molecule has 12 heteroatoms. The lowest BCUT2D eigenvalue weighted by Gasteiger charge is -2.20. The molecule has 0 aliphatic rings. The second-order valence-electron chi connectivity index (χ2n) is 8.05. The zero-order valence-corrected chi connectivity index (χ0v) is 21.6. The molecule has 2 rings (SSSR count). The van der Waals surface area contributed by atoms with Crippen LogP contribution in [-0.4, -0.2) is 54.7 Å². The highest BCUT2D eigenvalue weighted by molar-refractivity contribution is 7.98. The van der Waals surface area contributed by atoms with Crippen LogP contribution in [0.25, 0.3) is 0 Å². The number of carbonyl (C=O) groups excluding carboxylic acids is 2. The van der Waals surface area contributed by atoms with E-state index in [9.17, 15) is 19.7 Å². The van der Waals surface area contributed by atoms with Crippen LogP contribution in [0.15, 0.2) is 52.8 Å². The van der Waals surface area contributed by atoms with Crippen molar-refractivity contribution in [1.29, 1.82) is 0 Å². The number of thioether (sulfide) groups is 1. The van der Waals surface area contributed by atoms with Crippen molar-refractivity contribution in [3.63, 3.8) is 0 Å². The first-order valence-electron chi connectivity index (χ1n) is 11.2. The van der Waals surface area contributed by atoms with Crippen molar-refractivity contribution in [2.45, 2.75) is 32.2 Å². The minimum atomic E-state index is -0.712.